The van der Waals surface area contributed by atoms with Crippen LogP contribution in [0.4, 0.5) is 5.13 Å². The zero-order chi connectivity index (χ0) is 18.6. The van der Waals surface area contributed by atoms with Gasteiger partial charge in [-0.15, -0.1) is 10.2 Å². The van der Waals surface area contributed by atoms with Crippen LogP contribution in [0.3, 0.4) is 0 Å². The molecule has 0 spiro atoms. The van der Waals surface area contributed by atoms with Crippen molar-refractivity contribution in [3.63, 3.8) is 0 Å². The van der Waals surface area contributed by atoms with E-state index in [-0.39, 0.29) is 5.91 Å². The van der Waals surface area contributed by atoms with Crippen LogP contribution >= 0.6 is 11.3 Å². The second kappa shape index (κ2) is 7.88. The van der Waals surface area contributed by atoms with Gasteiger partial charge in [0.25, 0.3) is 5.91 Å². The van der Waals surface area contributed by atoms with Gasteiger partial charge >= 0.3 is 0 Å². The van der Waals surface area contributed by atoms with E-state index in [0.29, 0.717) is 5.13 Å². The van der Waals surface area contributed by atoms with Crippen molar-refractivity contribution in [2.75, 3.05) is 5.32 Å². The van der Waals surface area contributed by atoms with Crippen molar-refractivity contribution in [3.05, 3.63) is 59.7 Å². The highest BCUT2D eigenvalue weighted by Crippen LogP contribution is 2.30. The summed E-state index contributed by atoms with van der Waals surface area (Å²) in [6, 6.07) is 15.9. The van der Waals surface area contributed by atoms with E-state index in [2.05, 4.69) is 21.6 Å². The summed E-state index contributed by atoms with van der Waals surface area (Å²) < 4.78 is 5.98. The second-order valence-electron chi connectivity index (χ2n) is 6.63. The van der Waals surface area contributed by atoms with Gasteiger partial charge in [0.1, 0.15) is 10.8 Å². The van der Waals surface area contributed by atoms with Gasteiger partial charge in [0.05, 0.1) is 0 Å². The number of carbonyl (C=O) groups is 1. The molecule has 1 unspecified atom stereocenters. The minimum atomic E-state index is -0.609. The number of aromatic nitrogens is 2. The molecule has 1 atom stereocenters. The Morgan fingerprint density at radius 2 is 1.89 bits per heavy atom. The van der Waals surface area contributed by atoms with Gasteiger partial charge in [-0.2, -0.15) is 0 Å². The van der Waals surface area contributed by atoms with Crippen molar-refractivity contribution < 1.29 is 9.53 Å². The predicted molar refractivity (Wildman–Crippen MR) is 107 cm³/mol. The highest BCUT2D eigenvalue weighted by atomic mass is 32.1. The Morgan fingerprint density at radius 1 is 1.07 bits per heavy atom. The topological polar surface area (TPSA) is 64.1 Å². The lowest BCUT2D eigenvalue weighted by Gasteiger charge is -2.21. The number of benzene rings is 2. The lowest BCUT2D eigenvalue weighted by molar-refractivity contribution is -0.122. The first kappa shape index (κ1) is 17.7. The summed E-state index contributed by atoms with van der Waals surface area (Å²) in [6.45, 7) is 1.76. The summed E-state index contributed by atoms with van der Waals surface area (Å²) in [5.74, 6) is 0.594. The monoisotopic (exact) mass is 379 g/mol. The van der Waals surface area contributed by atoms with Gasteiger partial charge in [-0.1, -0.05) is 53.8 Å². The minimum Gasteiger partial charge on any atom is -0.481 e. The molecule has 2 aromatic carbocycles. The Kier molecular flexibility index (Phi) is 5.16. The van der Waals surface area contributed by atoms with E-state index >= 15 is 0 Å². The Balaban J connectivity index is 1.42. The average Bonchev–Trinajstić information content (AvgIpc) is 3.17. The minimum absolute atomic E-state index is 0.223. The molecule has 1 aromatic heterocycles. The molecule has 0 saturated heterocycles. The van der Waals surface area contributed by atoms with Gasteiger partial charge in [0.15, 0.2) is 6.10 Å². The molecule has 138 valence electrons. The van der Waals surface area contributed by atoms with Gasteiger partial charge in [-0.05, 0) is 49.8 Å². The van der Waals surface area contributed by atoms with E-state index < -0.39 is 6.10 Å². The van der Waals surface area contributed by atoms with Crippen molar-refractivity contribution in [3.8, 4) is 16.3 Å². The first-order chi connectivity index (χ1) is 13.2. The largest absolute Gasteiger partial charge is 0.481 e. The number of hydrogen-bond donors (Lipinski definition) is 1. The standard InChI is InChI=1S/C21H21N3O2S/c1-14(26-18-13-7-11-15-8-5-6-12-17(15)18)19(25)22-21-24-23-20(27-21)16-9-3-2-4-10-16/h2-4,7,9-11,13-14H,5-6,8,12H2,1H3,(H,22,24,25). The normalized spacial score (nSPS) is 14.3. The first-order valence-electron chi connectivity index (χ1n) is 9.18. The van der Waals surface area contributed by atoms with Crippen molar-refractivity contribution >= 4 is 22.4 Å². The summed E-state index contributed by atoms with van der Waals surface area (Å²) in [7, 11) is 0. The van der Waals surface area contributed by atoms with Crippen LogP contribution in [0, 0.1) is 0 Å². The molecule has 27 heavy (non-hydrogen) atoms. The molecular formula is C21H21N3O2S. The van der Waals surface area contributed by atoms with Crippen LogP contribution in [0.1, 0.15) is 30.9 Å². The van der Waals surface area contributed by atoms with E-state index in [9.17, 15) is 4.79 Å². The van der Waals surface area contributed by atoms with Crippen LogP contribution in [-0.4, -0.2) is 22.2 Å². The van der Waals surface area contributed by atoms with Gasteiger partial charge in [0.2, 0.25) is 5.13 Å². The van der Waals surface area contributed by atoms with Gasteiger partial charge in [-0.3, -0.25) is 10.1 Å². The third-order valence-corrected chi connectivity index (χ3v) is 5.59. The maximum atomic E-state index is 12.5. The van der Waals surface area contributed by atoms with Crippen molar-refractivity contribution in [1.82, 2.24) is 10.2 Å². The summed E-state index contributed by atoms with van der Waals surface area (Å²) in [5.41, 5.74) is 3.56. The molecule has 0 radical (unpaired) electrons. The SMILES string of the molecule is CC(Oc1cccc2c1CCCC2)C(=O)Nc1nnc(-c2ccccc2)s1. The number of nitrogens with zero attached hydrogens (tertiary/aromatic N) is 2. The second-order valence-corrected chi connectivity index (χ2v) is 7.61. The van der Waals surface area contributed by atoms with Crippen LogP contribution < -0.4 is 10.1 Å². The molecule has 1 heterocycles. The molecule has 6 heteroatoms. The maximum Gasteiger partial charge on any atom is 0.266 e. The molecule has 1 aliphatic rings. The fourth-order valence-corrected chi connectivity index (χ4v) is 4.03. The van der Waals surface area contributed by atoms with E-state index in [1.807, 2.05) is 42.5 Å². The molecule has 1 amide bonds. The number of carbonyl (C=O) groups excluding carboxylic acids is 1. The third-order valence-electron chi connectivity index (χ3n) is 4.70. The molecule has 1 aliphatic carbocycles. The number of hydrogen-bond acceptors (Lipinski definition) is 5. The zero-order valence-electron chi connectivity index (χ0n) is 15.1. The van der Waals surface area contributed by atoms with Crippen molar-refractivity contribution in [1.29, 1.82) is 0 Å². The van der Waals surface area contributed by atoms with Crippen LogP contribution in [0.15, 0.2) is 48.5 Å². The Morgan fingerprint density at radius 3 is 2.74 bits per heavy atom. The van der Waals surface area contributed by atoms with Crippen molar-refractivity contribution in [2.24, 2.45) is 0 Å². The zero-order valence-corrected chi connectivity index (χ0v) is 16.0. The van der Waals surface area contributed by atoms with Gasteiger partial charge in [0, 0.05) is 5.56 Å². The molecule has 0 saturated carbocycles. The van der Waals surface area contributed by atoms with Crippen LogP contribution in [0.25, 0.3) is 10.6 Å². The van der Waals surface area contributed by atoms with E-state index in [4.69, 9.17) is 4.74 Å². The lowest BCUT2D eigenvalue weighted by Crippen LogP contribution is -2.30. The van der Waals surface area contributed by atoms with Crippen LogP contribution in [0.5, 0.6) is 5.75 Å². The number of nitrogens with one attached hydrogen (secondary N) is 1. The first-order valence-corrected chi connectivity index (χ1v) is 9.99. The molecule has 0 fully saturated rings. The smallest absolute Gasteiger partial charge is 0.266 e. The van der Waals surface area contributed by atoms with Crippen molar-refractivity contribution in [2.45, 2.75) is 38.7 Å². The Bertz CT molecular complexity index is 940. The average molecular weight is 379 g/mol. The molecule has 1 N–H and O–H groups in total. The van der Waals surface area contributed by atoms with E-state index in [1.54, 1.807) is 6.92 Å². The van der Waals surface area contributed by atoms with Crippen LogP contribution in [-0.2, 0) is 17.6 Å². The number of ether oxygens (including phenoxy) is 1. The Hall–Kier alpha value is -2.73. The van der Waals surface area contributed by atoms with Gasteiger partial charge in [-0.25, -0.2) is 0 Å². The summed E-state index contributed by atoms with van der Waals surface area (Å²) in [5, 5.41) is 12.3. The fraction of sp³-hybridized carbons (Fsp3) is 0.286. The maximum absolute atomic E-state index is 12.5. The number of anilines is 1. The van der Waals surface area contributed by atoms with Gasteiger partial charge < -0.3 is 4.74 Å². The summed E-state index contributed by atoms with van der Waals surface area (Å²) in [6.07, 6.45) is 3.87. The third kappa shape index (κ3) is 4.01. The predicted octanol–water partition coefficient (Wildman–Crippen LogP) is 4.49. The molecule has 0 aliphatic heterocycles. The Labute approximate surface area is 162 Å². The quantitative estimate of drug-likeness (QED) is 0.709. The molecule has 3 aromatic rings. The highest BCUT2D eigenvalue weighted by molar-refractivity contribution is 7.18. The number of fused-ring (bicyclic) bond motifs is 1. The molecule has 5 nitrogen and oxygen atoms in total. The lowest BCUT2D eigenvalue weighted by atomic mass is 9.91. The highest BCUT2D eigenvalue weighted by Gasteiger charge is 2.20. The molecular weight excluding hydrogens is 358 g/mol. The molecule has 0 bridgehead atoms. The number of aryl methyl sites for hydroxylation is 1. The number of rotatable bonds is 5. The summed E-state index contributed by atoms with van der Waals surface area (Å²) in [4.78, 5) is 12.5. The number of amides is 1. The van der Waals surface area contributed by atoms with Crippen LogP contribution in [0.2, 0.25) is 0 Å². The van der Waals surface area contributed by atoms with E-state index in [1.165, 1.54) is 35.3 Å². The fourth-order valence-electron chi connectivity index (χ4n) is 3.28. The molecule has 4 rings (SSSR count). The van der Waals surface area contributed by atoms with E-state index in [0.717, 1.165) is 29.2 Å². The summed E-state index contributed by atoms with van der Waals surface area (Å²) >= 11 is 1.35.